The van der Waals surface area contributed by atoms with Crippen molar-refractivity contribution in [1.82, 2.24) is 9.97 Å². The van der Waals surface area contributed by atoms with Crippen molar-refractivity contribution < 1.29 is 9.90 Å². The SMILES string of the molecule is O=C(O)c1ccc(NCc2ccc(C3CCCCC3)cn2)cn1. The zero-order valence-corrected chi connectivity index (χ0v) is 13.0. The van der Waals surface area contributed by atoms with Crippen LogP contribution in [0.25, 0.3) is 0 Å². The Kier molecular flexibility index (Phi) is 4.86. The lowest BCUT2D eigenvalue weighted by molar-refractivity contribution is 0.0690. The van der Waals surface area contributed by atoms with Crippen LogP contribution in [0.1, 0.15) is 59.8 Å². The summed E-state index contributed by atoms with van der Waals surface area (Å²) in [7, 11) is 0. The Bertz CT molecular complexity index is 647. The minimum Gasteiger partial charge on any atom is -0.477 e. The Morgan fingerprint density at radius 1 is 1.09 bits per heavy atom. The predicted molar refractivity (Wildman–Crippen MR) is 88.6 cm³/mol. The standard InChI is InChI=1S/C18H21N3O2/c22-18(23)17-9-8-16(12-21-17)20-11-15-7-6-14(10-19-15)13-4-2-1-3-5-13/h6-10,12-13,20H,1-5,11H2,(H,22,23). The molecule has 2 aromatic heterocycles. The maximum atomic E-state index is 10.8. The third kappa shape index (κ3) is 4.06. The third-order valence-electron chi connectivity index (χ3n) is 4.38. The molecule has 1 saturated carbocycles. The van der Waals surface area contributed by atoms with Crippen LogP contribution in [0, 0.1) is 0 Å². The van der Waals surface area contributed by atoms with Crippen molar-refractivity contribution >= 4 is 11.7 Å². The van der Waals surface area contributed by atoms with Gasteiger partial charge in [-0.3, -0.25) is 4.98 Å². The highest BCUT2D eigenvalue weighted by atomic mass is 16.4. The summed E-state index contributed by atoms with van der Waals surface area (Å²) in [6.07, 6.45) is 10.1. The summed E-state index contributed by atoms with van der Waals surface area (Å²) >= 11 is 0. The lowest BCUT2D eigenvalue weighted by Crippen LogP contribution is -2.07. The highest BCUT2D eigenvalue weighted by Crippen LogP contribution is 2.32. The Morgan fingerprint density at radius 2 is 1.91 bits per heavy atom. The van der Waals surface area contributed by atoms with Crippen molar-refractivity contribution in [2.24, 2.45) is 0 Å². The number of rotatable bonds is 5. The fourth-order valence-corrected chi connectivity index (χ4v) is 3.04. The zero-order chi connectivity index (χ0) is 16.1. The largest absolute Gasteiger partial charge is 0.477 e. The van der Waals surface area contributed by atoms with Gasteiger partial charge in [0, 0.05) is 6.20 Å². The first-order valence-corrected chi connectivity index (χ1v) is 8.10. The molecule has 0 aliphatic heterocycles. The van der Waals surface area contributed by atoms with E-state index >= 15 is 0 Å². The van der Waals surface area contributed by atoms with E-state index in [-0.39, 0.29) is 5.69 Å². The number of nitrogens with zero attached hydrogens (tertiary/aromatic N) is 2. The van der Waals surface area contributed by atoms with Gasteiger partial charge in [0.2, 0.25) is 0 Å². The van der Waals surface area contributed by atoms with Gasteiger partial charge in [-0.1, -0.05) is 25.3 Å². The van der Waals surface area contributed by atoms with Gasteiger partial charge in [-0.2, -0.15) is 0 Å². The molecule has 0 atom stereocenters. The van der Waals surface area contributed by atoms with Crippen LogP contribution in [-0.2, 0) is 6.54 Å². The van der Waals surface area contributed by atoms with Gasteiger partial charge < -0.3 is 10.4 Å². The summed E-state index contributed by atoms with van der Waals surface area (Å²) in [6.45, 7) is 0.596. The molecule has 0 aromatic carbocycles. The van der Waals surface area contributed by atoms with Gasteiger partial charge in [-0.25, -0.2) is 9.78 Å². The smallest absolute Gasteiger partial charge is 0.354 e. The van der Waals surface area contributed by atoms with Gasteiger partial charge in [0.05, 0.1) is 24.1 Å². The molecular formula is C18H21N3O2. The van der Waals surface area contributed by atoms with Crippen molar-refractivity contribution in [3.8, 4) is 0 Å². The van der Waals surface area contributed by atoms with Crippen molar-refractivity contribution in [1.29, 1.82) is 0 Å². The number of anilines is 1. The average molecular weight is 311 g/mol. The van der Waals surface area contributed by atoms with E-state index in [1.165, 1.54) is 49.9 Å². The normalized spacial score (nSPS) is 15.3. The Balaban J connectivity index is 1.56. The van der Waals surface area contributed by atoms with Crippen LogP contribution in [-0.4, -0.2) is 21.0 Å². The van der Waals surface area contributed by atoms with Crippen LogP contribution in [0.3, 0.4) is 0 Å². The van der Waals surface area contributed by atoms with Gasteiger partial charge in [0.25, 0.3) is 0 Å². The molecule has 0 unspecified atom stereocenters. The average Bonchev–Trinajstić information content (AvgIpc) is 2.61. The van der Waals surface area contributed by atoms with E-state index in [2.05, 4.69) is 27.4 Å². The number of aromatic carboxylic acids is 1. The summed E-state index contributed by atoms with van der Waals surface area (Å²) < 4.78 is 0. The molecule has 2 N–H and O–H groups in total. The van der Waals surface area contributed by atoms with E-state index in [1.807, 2.05) is 6.20 Å². The molecule has 1 aliphatic carbocycles. The molecule has 5 heteroatoms. The number of pyridine rings is 2. The lowest BCUT2D eigenvalue weighted by atomic mass is 9.85. The first-order chi connectivity index (χ1) is 11.2. The van der Waals surface area contributed by atoms with Crippen molar-refractivity contribution in [3.63, 3.8) is 0 Å². The molecule has 0 spiro atoms. The number of carboxylic acids is 1. The highest BCUT2D eigenvalue weighted by molar-refractivity contribution is 5.85. The molecule has 1 fully saturated rings. The third-order valence-corrected chi connectivity index (χ3v) is 4.38. The molecule has 0 radical (unpaired) electrons. The van der Waals surface area contributed by atoms with Gasteiger partial charge in [-0.15, -0.1) is 0 Å². The Morgan fingerprint density at radius 3 is 2.52 bits per heavy atom. The maximum Gasteiger partial charge on any atom is 0.354 e. The molecule has 0 bridgehead atoms. The van der Waals surface area contributed by atoms with Gasteiger partial charge >= 0.3 is 5.97 Å². The van der Waals surface area contributed by atoms with Crippen LogP contribution < -0.4 is 5.32 Å². The van der Waals surface area contributed by atoms with Crippen LogP contribution in [0.5, 0.6) is 0 Å². The first-order valence-electron chi connectivity index (χ1n) is 8.10. The number of carbonyl (C=O) groups is 1. The van der Waals surface area contributed by atoms with E-state index in [1.54, 1.807) is 6.07 Å². The van der Waals surface area contributed by atoms with Crippen LogP contribution >= 0.6 is 0 Å². The number of nitrogens with one attached hydrogen (secondary N) is 1. The van der Waals surface area contributed by atoms with Crippen LogP contribution in [0.15, 0.2) is 36.7 Å². The fourth-order valence-electron chi connectivity index (χ4n) is 3.04. The minimum atomic E-state index is -1.02. The number of hydrogen-bond acceptors (Lipinski definition) is 4. The first kappa shape index (κ1) is 15.5. The number of aromatic nitrogens is 2. The molecule has 2 heterocycles. The second kappa shape index (κ2) is 7.22. The molecule has 23 heavy (non-hydrogen) atoms. The van der Waals surface area contributed by atoms with E-state index in [0.717, 1.165) is 11.4 Å². The lowest BCUT2D eigenvalue weighted by Gasteiger charge is -2.21. The fraction of sp³-hybridized carbons (Fsp3) is 0.389. The maximum absolute atomic E-state index is 10.8. The second-order valence-electron chi connectivity index (χ2n) is 6.01. The number of hydrogen-bond donors (Lipinski definition) is 2. The highest BCUT2D eigenvalue weighted by Gasteiger charge is 2.15. The Labute approximate surface area is 135 Å². The summed E-state index contributed by atoms with van der Waals surface area (Å²) in [5, 5.41) is 12.0. The van der Waals surface area contributed by atoms with Gasteiger partial charge in [0.15, 0.2) is 0 Å². The van der Waals surface area contributed by atoms with Crippen LogP contribution in [0.4, 0.5) is 5.69 Å². The van der Waals surface area contributed by atoms with Crippen molar-refractivity contribution in [2.75, 3.05) is 5.32 Å². The minimum absolute atomic E-state index is 0.0468. The zero-order valence-electron chi connectivity index (χ0n) is 13.0. The molecule has 0 saturated heterocycles. The molecule has 120 valence electrons. The Hall–Kier alpha value is -2.43. The second-order valence-corrected chi connectivity index (χ2v) is 6.01. The molecule has 0 amide bonds. The molecular weight excluding hydrogens is 290 g/mol. The van der Waals surface area contributed by atoms with Crippen LogP contribution in [0.2, 0.25) is 0 Å². The molecule has 1 aliphatic rings. The van der Waals surface area contributed by atoms with Gasteiger partial charge in [0.1, 0.15) is 5.69 Å². The monoisotopic (exact) mass is 311 g/mol. The van der Waals surface area contributed by atoms with E-state index in [0.29, 0.717) is 12.5 Å². The van der Waals surface area contributed by atoms with E-state index in [4.69, 9.17) is 5.11 Å². The van der Waals surface area contributed by atoms with E-state index < -0.39 is 5.97 Å². The topological polar surface area (TPSA) is 75.1 Å². The molecule has 2 aromatic rings. The van der Waals surface area contributed by atoms with Crippen molar-refractivity contribution in [3.05, 3.63) is 53.6 Å². The number of carboxylic acid groups (broad SMARTS) is 1. The summed E-state index contributed by atoms with van der Waals surface area (Å²) in [5.41, 5.74) is 3.14. The summed E-state index contributed by atoms with van der Waals surface area (Å²) in [5.74, 6) is -0.345. The molecule has 3 rings (SSSR count). The van der Waals surface area contributed by atoms with Crippen molar-refractivity contribution in [2.45, 2.75) is 44.6 Å². The molecule has 5 nitrogen and oxygen atoms in total. The van der Waals surface area contributed by atoms with Gasteiger partial charge in [-0.05, 0) is 42.5 Å². The summed E-state index contributed by atoms with van der Waals surface area (Å²) in [6, 6.07) is 7.46. The predicted octanol–water partition coefficient (Wildman–Crippen LogP) is 3.83. The van der Waals surface area contributed by atoms with E-state index in [9.17, 15) is 4.79 Å². The summed E-state index contributed by atoms with van der Waals surface area (Å²) in [4.78, 5) is 19.2. The quantitative estimate of drug-likeness (QED) is 0.877.